The van der Waals surface area contributed by atoms with E-state index in [9.17, 15) is 4.79 Å². The topological polar surface area (TPSA) is 42.2 Å². The second-order valence-corrected chi connectivity index (χ2v) is 9.37. The molecule has 1 aromatic heterocycles. The lowest BCUT2D eigenvalue weighted by Crippen LogP contribution is -2.19. The zero-order valence-corrected chi connectivity index (χ0v) is 19.4. The van der Waals surface area contributed by atoms with Crippen LogP contribution in [0.25, 0.3) is 17.0 Å². The first-order chi connectivity index (χ1) is 15.3. The summed E-state index contributed by atoms with van der Waals surface area (Å²) in [5.74, 6) is 0.640. The molecule has 3 nitrogen and oxygen atoms in total. The second kappa shape index (κ2) is 9.04. The lowest BCUT2D eigenvalue weighted by molar-refractivity contribution is 0.102. The Labute approximate surface area is 190 Å². The van der Waals surface area contributed by atoms with Crippen LogP contribution in [0.1, 0.15) is 63.1 Å². The third-order valence-electron chi connectivity index (χ3n) is 6.26. The van der Waals surface area contributed by atoms with Gasteiger partial charge in [0.2, 0.25) is 0 Å². The van der Waals surface area contributed by atoms with Crippen LogP contribution in [-0.2, 0) is 0 Å². The van der Waals surface area contributed by atoms with Crippen molar-refractivity contribution >= 4 is 28.6 Å². The number of furan rings is 1. The third kappa shape index (κ3) is 4.94. The molecule has 1 N–H and O–H groups in total. The molecule has 1 aliphatic rings. The molecule has 1 amide bonds. The standard InChI is InChI=1S/C29H31NO2/c1-20(12-15-26-21(2)9-8-16-29(26,3)4)17-25-18-22-13-14-23(19-27(22)32-25)28(31)30-24-10-6-5-7-11-24/h5-7,10-15,17-19H,8-9,16H2,1-4H3,(H,30,31). The summed E-state index contributed by atoms with van der Waals surface area (Å²) < 4.78 is 6.03. The van der Waals surface area contributed by atoms with Gasteiger partial charge in [-0.3, -0.25) is 4.79 Å². The average molecular weight is 426 g/mol. The Morgan fingerprint density at radius 3 is 2.62 bits per heavy atom. The number of carbonyl (C=O) groups is 1. The molecule has 1 heterocycles. The van der Waals surface area contributed by atoms with Crippen molar-refractivity contribution in [2.75, 3.05) is 5.32 Å². The quantitative estimate of drug-likeness (QED) is 0.419. The lowest BCUT2D eigenvalue weighted by Gasteiger charge is -2.32. The van der Waals surface area contributed by atoms with Gasteiger partial charge in [0, 0.05) is 16.6 Å². The smallest absolute Gasteiger partial charge is 0.255 e. The van der Waals surface area contributed by atoms with Gasteiger partial charge in [0.15, 0.2) is 0 Å². The minimum atomic E-state index is -0.149. The van der Waals surface area contributed by atoms with Crippen LogP contribution in [0.5, 0.6) is 0 Å². The number of nitrogens with one attached hydrogen (secondary N) is 1. The largest absolute Gasteiger partial charge is 0.457 e. The van der Waals surface area contributed by atoms with Gasteiger partial charge < -0.3 is 9.73 Å². The molecule has 2 aromatic carbocycles. The maximum absolute atomic E-state index is 12.6. The van der Waals surface area contributed by atoms with E-state index < -0.39 is 0 Å². The molecular formula is C29H31NO2. The highest BCUT2D eigenvalue weighted by Gasteiger charge is 2.26. The molecule has 0 aliphatic heterocycles. The van der Waals surface area contributed by atoms with Crippen LogP contribution in [0.4, 0.5) is 5.69 Å². The molecule has 0 bridgehead atoms. The summed E-state index contributed by atoms with van der Waals surface area (Å²) in [5.41, 5.74) is 6.37. The van der Waals surface area contributed by atoms with Gasteiger partial charge >= 0.3 is 0 Å². The van der Waals surface area contributed by atoms with Crippen LogP contribution in [0.2, 0.25) is 0 Å². The fourth-order valence-electron chi connectivity index (χ4n) is 4.49. The Kier molecular flexibility index (Phi) is 6.18. The second-order valence-electron chi connectivity index (χ2n) is 9.37. The van der Waals surface area contributed by atoms with E-state index in [-0.39, 0.29) is 11.3 Å². The molecule has 0 unspecified atom stereocenters. The van der Waals surface area contributed by atoms with E-state index in [1.165, 1.54) is 30.4 Å². The monoisotopic (exact) mass is 425 g/mol. The van der Waals surface area contributed by atoms with Crippen molar-refractivity contribution in [1.82, 2.24) is 0 Å². The van der Waals surface area contributed by atoms with Crippen LogP contribution in [0.3, 0.4) is 0 Å². The van der Waals surface area contributed by atoms with Gasteiger partial charge in [-0.15, -0.1) is 0 Å². The molecule has 0 radical (unpaired) electrons. The first-order valence-electron chi connectivity index (χ1n) is 11.3. The number of amides is 1. The number of carbonyl (C=O) groups excluding carboxylic acids is 1. The van der Waals surface area contributed by atoms with Crippen molar-refractivity contribution in [3.8, 4) is 0 Å². The Morgan fingerprint density at radius 1 is 1.09 bits per heavy atom. The number of para-hydroxylation sites is 1. The summed E-state index contributed by atoms with van der Waals surface area (Å²) in [6.07, 6.45) is 10.2. The van der Waals surface area contributed by atoms with Crippen molar-refractivity contribution < 1.29 is 9.21 Å². The number of anilines is 1. The van der Waals surface area contributed by atoms with E-state index in [4.69, 9.17) is 4.42 Å². The highest BCUT2D eigenvalue weighted by atomic mass is 16.3. The van der Waals surface area contributed by atoms with E-state index in [1.54, 1.807) is 6.07 Å². The van der Waals surface area contributed by atoms with Crippen LogP contribution >= 0.6 is 0 Å². The molecule has 0 saturated heterocycles. The highest BCUT2D eigenvalue weighted by molar-refractivity contribution is 6.06. The van der Waals surface area contributed by atoms with Crippen molar-refractivity contribution in [3.05, 3.63) is 94.8 Å². The summed E-state index contributed by atoms with van der Waals surface area (Å²) in [6.45, 7) is 9.01. The molecule has 1 aliphatic carbocycles. The summed E-state index contributed by atoms with van der Waals surface area (Å²) in [6, 6.07) is 17.0. The minimum Gasteiger partial charge on any atom is -0.457 e. The number of allylic oxidation sites excluding steroid dienone is 5. The SMILES string of the molecule is CC(C=CC1=C(C)CCCC1(C)C)=Cc1cc2ccc(C(=O)Nc3ccccc3)cc2o1. The van der Waals surface area contributed by atoms with Gasteiger partial charge in [0.05, 0.1) is 0 Å². The molecule has 32 heavy (non-hydrogen) atoms. The first-order valence-corrected chi connectivity index (χ1v) is 11.3. The van der Waals surface area contributed by atoms with Crippen molar-refractivity contribution in [2.45, 2.75) is 47.0 Å². The number of hydrogen-bond donors (Lipinski definition) is 1. The van der Waals surface area contributed by atoms with Gasteiger partial charge in [0.25, 0.3) is 5.91 Å². The normalized spacial score (nSPS) is 16.7. The van der Waals surface area contributed by atoms with Crippen LogP contribution in [-0.4, -0.2) is 5.91 Å². The van der Waals surface area contributed by atoms with E-state index in [1.807, 2.05) is 54.6 Å². The number of hydrogen-bond acceptors (Lipinski definition) is 2. The van der Waals surface area contributed by atoms with Crippen molar-refractivity contribution in [3.63, 3.8) is 0 Å². The van der Waals surface area contributed by atoms with Crippen molar-refractivity contribution in [2.24, 2.45) is 5.41 Å². The fourth-order valence-corrected chi connectivity index (χ4v) is 4.49. The molecule has 164 valence electrons. The number of fused-ring (bicyclic) bond motifs is 1. The molecule has 0 spiro atoms. The van der Waals surface area contributed by atoms with E-state index in [2.05, 4.69) is 45.2 Å². The molecule has 0 saturated carbocycles. The van der Waals surface area contributed by atoms with Crippen LogP contribution < -0.4 is 5.32 Å². The summed E-state index contributed by atoms with van der Waals surface area (Å²) in [7, 11) is 0. The number of benzene rings is 2. The van der Waals surface area contributed by atoms with E-state index >= 15 is 0 Å². The predicted octanol–water partition coefficient (Wildman–Crippen LogP) is 8.17. The van der Waals surface area contributed by atoms with E-state index in [0.717, 1.165) is 22.4 Å². The number of rotatable bonds is 5. The van der Waals surface area contributed by atoms with Gasteiger partial charge in [-0.1, -0.05) is 55.8 Å². The van der Waals surface area contributed by atoms with E-state index in [0.29, 0.717) is 11.1 Å². The minimum absolute atomic E-state index is 0.149. The highest BCUT2D eigenvalue weighted by Crippen LogP contribution is 2.40. The zero-order chi connectivity index (χ0) is 22.7. The Balaban J connectivity index is 1.52. The Hall–Kier alpha value is -3.33. The summed E-state index contributed by atoms with van der Waals surface area (Å²) in [4.78, 5) is 12.6. The molecule has 0 atom stereocenters. The van der Waals surface area contributed by atoms with Crippen LogP contribution in [0.15, 0.2) is 87.9 Å². The maximum atomic E-state index is 12.6. The first kappa shape index (κ1) is 21.9. The molecular weight excluding hydrogens is 394 g/mol. The van der Waals surface area contributed by atoms with Gasteiger partial charge in [-0.25, -0.2) is 0 Å². The summed E-state index contributed by atoms with van der Waals surface area (Å²) >= 11 is 0. The third-order valence-corrected chi connectivity index (χ3v) is 6.26. The Morgan fingerprint density at radius 2 is 1.88 bits per heavy atom. The van der Waals surface area contributed by atoms with Gasteiger partial charge in [-0.2, -0.15) is 0 Å². The zero-order valence-electron chi connectivity index (χ0n) is 19.4. The molecule has 0 fully saturated rings. The summed E-state index contributed by atoms with van der Waals surface area (Å²) in [5, 5.41) is 3.90. The van der Waals surface area contributed by atoms with Crippen LogP contribution in [0, 0.1) is 5.41 Å². The lowest BCUT2D eigenvalue weighted by atomic mass is 9.72. The maximum Gasteiger partial charge on any atom is 0.255 e. The fraction of sp³-hybridized carbons (Fsp3) is 0.276. The van der Waals surface area contributed by atoms with Gasteiger partial charge in [0.1, 0.15) is 11.3 Å². The van der Waals surface area contributed by atoms with Crippen molar-refractivity contribution in [1.29, 1.82) is 0 Å². The average Bonchev–Trinajstić information content (AvgIpc) is 3.15. The molecule has 4 rings (SSSR count). The molecule has 3 heteroatoms. The predicted molar refractivity (Wildman–Crippen MR) is 134 cm³/mol. The molecule has 3 aromatic rings. The van der Waals surface area contributed by atoms with Gasteiger partial charge in [-0.05, 0) is 86.1 Å². The Bertz CT molecular complexity index is 1220.